The standard InChI is InChI=1S/C18H21N3O3/c1-13(2)17(14-8-6-10-19-11-14)18(22)20(3)12-15-7-4-5-9-16(15)21(23)24/h4-11,13,17H,12H2,1-3H3. The van der Waals surface area contributed by atoms with Crippen LogP contribution in [-0.2, 0) is 11.3 Å². The van der Waals surface area contributed by atoms with E-state index in [1.54, 1.807) is 48.6 Å². The average Bonchev–Trinajstić information content (AvgIpc) is 2.55. The zero-order chi connectivity index (χ0) is 17.7. The summed E-state index contributed by atoms with van der Waals surface area (Å²) in [5.41, 5.74) is 1.40. The number of aromatic nitrogens is 1. The van der Waals surface area contributed by atoms with Crippen molar-refractivity contribution in [2.45, 2.75) is 26.3 Å². The lowest BCUT2D eigenvalue weighted by Gasteiger charge is -2.26. The predicted octanol–water partition coefficient (Wildman–Crippen LogP) is 3.39. The SMILES string of the molecule is CC(C)C(C(=O)N(C)Cc1ccccc1[N+](=O)[O-])c1cccnc1. The first-order valence-electron chi connectivity index (χ1n) is 7.79. The molecule has 0 aliphatic carbocycles. The Morgan fingerprint density at radius 2 is 1.96 bits per heavy atom. The van der Waals surface area contributed by atoms with E-state index in [4.69, 9.17) is 0 Å². The molecular weight excluding hydrogens is 306 g/mol. The van der Waals surface area contributed by atoms with Crippen LogP contribution in [0.4, 0.5) is 5.69 Å². The van der Waals surface area contributed by atoms with E-state index in [1.807, 2.05) is 19.9 Å². The smallest absolute Gasteiger partial charge is 0.274 e. The molecule has 0 saturated heterocycles. The molecule has 0 fully saturated rings. The van der Waals surface area contributed by atoms with Crippen molar-refractivity contribution in [3.8, 4) is 0 Å². The van der Waals surface area contributed by atoms with Crippen LogP contribution in [0.3, 0.4) is 0 Å². The van der Waals surface area contributed by atoms with Gasteiger partial charge in [0.1, 0.15) is 0 Å². The fraction of sp³-hybridized carbons (Fsp3) is 0.333. The second-order valence-corrected chi connectivity index (χ2v) is 6.09. The number of para-hydroxylation sites is 1. The van der Waals surface area contributed by atoms with Gasteiger partial charge in [-0.05, 0) is 17.5 Å². The zero-order valence-electron chi connectivity index (χ0n) is 14.0. The van der Waals surface area contributed by atoms with Crippen molar-refractivity contribution in [3.05, 3.63) is 70.0 Å². The number of rotatable bonds is 6. The summed E-state index contributed by atoms with van der Waals surface area (Å²) in [6.07, 6.45) is 3.36. The van der Waals surface area contributed by atoms with Crippen LogP contribution in [-0.4, -0.2) is 27.8 Å². The molecule has 1 amide bonds. The monoisotopic (exact) mass is 327 g/mol. The maximum Gasteiger partial charge on any atom is 0.274 e. The van der Waals surface area contributed by atoms with Gasteiger partial charge in [0, 0.05) is 31.1 Å². The van der Waals surface area contributed by atoms with Crippen molar-refractivity contribution in [3.63, 3.8) is 0 Å². The summed E-state index contributed by atoms with van der Waals surface area (Å²) < 4.78 is 0. The minimum atomic E-state index is -0.422. The van der Waals surface area contributed by atoms with E-state index in [1.165, 1.54) is 6.07 Å². The fourth-order valence-electron chi connectivity index (χ4n) is 2.77. The first-order valence-corrected chi connectivity index (χ1v) is 7.79. The summed E-state index contributed by atoms with van der Waals surface area (Å²) in [4.78, 5) is 29.2. The molecule has 0 radical (unpaired) electrons. The molecule has 2 rings (SSSR count). The number of carbonyl (C=O) groups excluding carboxylic acids is 1. The van der Waals surface area contributed by atoms with Gasteiger partial charge in [-0.15, -0.1) is 0 Å². The Balaban J connectivity index is 2.24. The van der Waals surface area contributed by atoms with Gasteiger partial charge in [0.15, 0.2) is 0 Å². The molecule has 0 saturated carbocycles. The van der Waals surface area contributed by atoms with E-state index < -0.39 is 4.92 Å². The minimum absolute atomic E-state index is 0.0274. The summed E-state index contributed by atoms with van der Waals surface area (Å²) in [7, 11) is 1.67. The number of hydrogen-bond donors (Lipinski definition) is 0. The summed E-state index contributed by atoms with van der Waals surface area (Å²) in [6.45, 7) is 4.15. The van der Waals surface area contributed by atoms with E-state index in [9.17, 15) is 14.9 Å². The second kappa shape index (κ2) is 7.68. The van der Waals surface area contributed by atoms with Crippen molar-refractivity contribution in [2.75, 3.05) is 7.05 Å². The Bertz CT molecular complexity index is 716. The first kappa shape index (κ1) is 17.6. The maximum absolute atomic E-state index is 12.9. The highest BCUT2D eigenvalue weighted by Crippen LogP contribution is 2.27. The van der Waals surface area contributed by atoms with Crippen LogP contribution in [0.1, 0.15) is 30.9 Å². The van der Waals surface area contributed by atoms with Gasteiger partial charge < -0.3 is 4.90 Å². The number of hydrogen-bond acceptors (Lipinski definition) is 4. The highest BCUT2D eigenvalue weighted by atomic mass is 16.6. The van der Waals surface area contributed by atoms with Gasteiger partial charge in [-0.2, -0.15) is 0 Å². The van der Waals surface area contributed by atoms with E-state index >= 15 is 0 Å². The molecule has 6 heteroatoms. The van der Waals surface area contributed by atoms with E-state index in [-0.39, 0.29) is 30.0 Å². The zero-order valence-corrected chi connectivity index (χ0v) is 14.0. The number of likely N-dealkylation sites (N-methyl/N-ethyl adjacent to an activating group) is 1. The van der Waals surface area contributed by atoms with Gasteiger partial charge in [-0.25, -0.2) is 0 Å². The Morgan fingerprint density at radius 3 is 2.54 bits per heavy atom. The van der Waals surface area contributed by atoms with Crippen LogP contribution >= 0.6 is 0 Å². The van der Waals surface area contributed by atoms with Crippen molar-refractivity contribution >= 4 is 11.6 Å². The molecule has 1 heterocycles. The van der Waals surface area contributed by atoms with E-state index in [2.05, 4.69) is 4.98 Å². The largest absolute Gasteiger partial charge is 0.341 e. The molecule has 1 aromatic heterocycles. The summed E-state index contributed by atoms with van der Waals surface area (Å²) in [5.74, 6) is -0.308. The Morgan fingerprint density at radius 1 is 1.25 bits per heavy atom. The van der Waals surface area contributed by atoms with Gasteiger partial charge >= 0.3 is 0 Å². The first-order chi connectivity index (χ1) is 11.4. The fourth-order valence-corrected chi connectivity index (χ4v) is 2.77. The lowest BCUT2D eigenvalue weighted by Crippen LogP contribution is -2.33. The molecule has 0 spiro atoms. The molecule has 0 bridgehead atoms. The van der Waals surface area contributed by atoms with Crippen LogP contribution in [0.25, 0.3) is 0 Å². The number of amides is 1. The van der Waals surface area contributed by atoms with Crippen LogP contribution in [0.15, 0.2) is 48.8 Å². The van der Waals surface area contributed by atoms with Crippen molar-refractivity contribution in [1.82, 2.24) is 9.88 Å². The van der Waals surface area contributed by atoms with Gasteiger partial charge in [-0.1, -0.05) is 38.1 Å². The molecule has 1 aromatic carbocycles. The topological polar surface area (TPSA) is 76.3 Å². The Labute approximate surface area is 141 Å². The Kier molecular flexibility index (Phi) is 5.63. The van der Waals surface area contributed by atoms with Crippen molar-refractivity contribution in [2.24, 2.45) is 5.92 Å². The highest BCUT2D eigenvalue weighted by Gasteiger charge is 2.28. The molecule has 2 aromatic rings. The van der Waals surface area contributed by atoms with Gasteiger partial charge in [-0.3, -0.25) is 19.9 Å². The number of carbonyl (C=O) groups is 1. The molecule has 1 atom stereocenters. The lowest BCUT2D eigenvalue weighted by molar-refractivity contribution is -0.385. The molecule has 6 nitrogen and oxygen atoms in total. The van der Waals surface area contributed by atoms with Gasteiger partial charge in [0.25, 0.3) is 5.69 Å². The third kappa shape index (κ3) is 3.95. The maximum atomic E-state index is 12.9. The van der Waals surface area contributed by atoms with E-state index in [0.29, 0.717) is 5.56 Å². The Hall–Kier alpha value is -2.76. The molecule has 0 N–H and O–H groups in total. The molecule has 1 unspecified atom stereocenters. The molecular formula is C18H21N3O3. The van der Waals surface area contributed by atoms with Crippen molar-refractivity contribution in [1.29, 1.82) is 0 Å². The molecule has 0 aliphatic rings. The summed E-state index contributed by atoms with van der Waals surface area (Å²) in [6, 6.07) is 10.2. The summed E-state index contributed by atoms with van der Waals surface area (Å²) in [5, 5.41) is 11.1. The number of benzene rings is 1. The lowest BCUT2D eigenvalue weighted by atomic mass is 9.88. The van der Waals surface area contributed by atoms with E-state index in [0.717, 1.165) is 5.56 Å². The van der Waals surface area contributed by atoms with Gasteiger partial charge in [0.05, 0.1) is 17.4 Å². The normalized spacial score (nSPS) is 12.0. The van der Waals surface area contributed by atoms with Crippen LogP contribution in [0.2, 0.25) is 0 Å². The quantitative estimate of drug-likeness (QED) is 0.602. The third-order valence-electron chi connectivity index (χ3n) is 3.95. The van der Waals surface area contributed by atoms with Crippen LogP contribution < -0.4 is 0 Å². The van der Waals surface area contributed by atoms with Crippen LogP contribution in [0, 0.1) is 16.0 Å². The number of pyridine rings is 1. The second-order valence-electron chi connectivity index (χ2n) is 6.09. The average molecular weight is 327 g/mol. The number of nitrogens with zero attached hydrogens (tertiary/aromatic N) is 3. The molecule has 24 heavy (non-hydrogen) atoms. The third-order valence-corrected chi connectivity index (χ3v) is 3.95. The predicted molar refractivity (Wildman–Crippen MR) is 91.4 cm³/mol. The molecule has 0 aliphatic heterocycles. The van der Waals surface area contributed by atoms with Crippen molar-refractivity contribution < 1.29 is 9.72 Å². The van der Waals surface area contributed by atoms with Gasteiger partial charge in [0.2, 0.25) is 5.91 Å². The summed E-state index contributed by atoms with van der Waals surface area (Å²) >= 11 is 0. The number of nitro benzene ring substituents is 1. The highest BCUT2D eigenvalue weighted by molar-refractivity contribution is 5.83. The van der Waals surface area contributed by atoms with Crippen LogP contribution in [0.5, 0.6) is 0 Å². The minimum Gasteiger partial charge on any atom is -0.341 e. The number of nitro groups is 1. The molecule has 126 valence electrons.